The maximum atomic E-state index is 13.2. The molecule has 1 saturated heterocycles. The van der Waals surface area contributed by atoms with Crippen LogP contribution in [0.1, 0.15) is 56.6 Å². The van der Waals surface area contributed by atoms with Crippen LogP contribution in [0.3, 0.4) is 0 Å². The smallest absolute Gasteiger partial charge is 0.407 e. The largest absolute Gasteiger partial charge is 0.480 e. The van der Waals surface area contributed by atoms with Crippen molar-refractivity contribution in [2.24, 2.45) is 0 Å². The van der Waals surface area contributed by atoms with Crippen molar-refractivity contribution in [2.45, 2.75) is 57.0 Å². The number of carboxylic acid groups (broad SMARTS) is 1. The van der Waals surface area contributed by atoms with Crippen LogP contribution in [0.5, 0.6) is 0 Å². The van der Waals surface area contributed by atoms with Gasteiger partial charge in [0.2, 0.25) is 5.91 Å². The van der Waals surface area contributed by atoms with E-state index in [4.69, 9.17) is 4.74 Å². The number of likely N-dealkylation sites (tertiary alicyclic amines) is 1. The van der Waals surface area contributed by atoms with Crippen LogP contribution in [0, 0.1) is 0 Å². The molecule has 4 rings (SSSR count). The molecular formula is C26H30N2O5. The first kappa shape index (κ1) is 22.8. The van der Waals surface area contributed by atoms with Crippen LogP contribution >= 0.6 is 0 Å². The highest BCUT2D eigenvalue weighted by molar-refractivity contribution is 5.91. The number of nitrogens with zero attached hydrogens (tertiary/aromatic N) is 1. The summed E-state index contributed by atoms with van der Waals surface area (Å²) in [6.45, 7) is 4.01. The van der Waals surface area contributed by atoms with Gasteiger partial charge in [-0.3, -0.25) is 4.79 Å². The molecule has 1 aliphatic heterocycles. The zero-order valence-corrected chi connectivity index (χ0v) is 19.0. The molecule has 0 spiro atoms. The van der Waals surface area contributed by atoms with Crippen LogP contribution in [-0.2, 0) is 14.3 Å². The summed E-state index contributed by atoms with van der Waals surface area (Å²) in [6, 6.07) is 15.4. The molecule has 7 nitrogen and oxygen atoms in total. The summed E-state index contributed by atoms with van der Waals surface area (Å²) in [4.78, 5) is 39.0. The van der Waals surface area contributed by atoms with Gasteiger partial charge in [-0.1, -0.05) is 61.9 Å². The molecular weight excluding hydrogens is 420 g/mol. The Bertz CT molecular complexity index is 1020. The Hall–Kier alpha value is -3.35. The molecule has 1 unspecified atom stereocenters. The van der Waals surface area contributed by atoms with Crippen molar-refractivity contribution < 1.29 is 24.2 Å². The molecule has 7 heteroatoms. The maximum Gasteiger partial charge on any atom is 0.407 e. The molecule has 2 aromatic carbocycles. The van der Waals surface area contributed by atoms with Crippen molar-refractivity contribution >= 4 is 18.0 Å². The lowest BCUT2D eigenvalue weighted by Crippen LogP contribution is -2.57. The molecule has 2 aliphatic rings. The second-order valence-corrected chi connectivity index (χ2v) is 8.98. The molecule has 174 valence electrons. The van der Waals surface area contributed by atoms with Gasteiger partial charge >= 0.3 is 12.1 Å². The van der Waals surface area contributed by atoms with E-state index in [1.54, 1.807) is 6.92 Å². The average Bonchev–Trinajstić information content (AvgIpc) is 3.36. The topological polar surface area (TPSA) is 95.9 Å². The Morgan fingerprint density at radius 3 is 2.30 bits per heavy atom. The van der Waals surface area contributed by atoms with Crippen molar-refractivity contribution in [3.8, 4) is 11.1 Å². The van der Waals surface area contributed by atoms with Crippen LogP contribution in [0.25, 0.3) is 11.1 Å². The summed E-state index contributed by atoms with van der Waals surface area (Å²) >= 11 is 0. The Morgan fingerprint density at radius 2 is 1.73 bits per heavy atom. The van der Waals surface area contributed by atoms with Gasteiger partial charge in [-0.2, -0.15) is 0 Å². The minimum Gasteiger partial charge on any atom is -0.480 e. The summed E-state index contributed by atoms with van der Waals surface area (Å²) in [6.07, 6.45) is 1.43. The number of carbonyl (C=O) groups excluding carboxylic acids is 2. The van der Waals surface area contributed by atoms with Gasteiger partial charge in [0.25, 0.3) is 0 Å². The Labute approximate surface area is 193 Å². The number of fused-ring (bicyclic) bond motifs is 3. The Morgan fingerprint density at radius 1 is 1.12 bits per heavy atom. The van der Waals surface area contributed by atoms with Crippen molar-refractivity contribution in [1.82, 2.24) is 10.2 Å². The molecule has 2 aromatic rings. The summed E-state index contributed by atoms with van der Waals surface area (Å²) in [5.74, 6) is -1.46. The van der Waals surface area contributed by atoms with Gasteiger partial charge in [-0.15, -0.1) is 0 Å². The molecule has 33 heavy (non-hydrogen) atoms. The third-order valence-corrected chi connectivity index (χ3v) is 6.88. The standard InChI is InChI=1S/C26H30N2O5/c1-3-9-22(23(29)28-15-8-14-26(28,2)24(30)31)27-25(32)33-16-21-19-12-6-4-10-17(19)18-11-5-7-13-20(18)21/h4-7,10-13,21-22H,3,8-9,14-16H2,1-2H3,(H,27,32)(H,30,31)/t22-,26?/m1/s1. The van der Waals surface area contributed by atoms with E-state index in [2.05, 4.69) is 17.4 Å². The highest BCUT2D eigenvalue weighted by Crippen LogP contribution is 2.44. The first-order valence-electron chi connectivity index (χ1n) is 11.5. The normalized spacial score (nSPS) is 20.1. The van der Waals surface area contributed by atoms with Crippen molar-refractivity contribution in [2.75, 3.05) is 13.2 Å². The summed E-state index contributed by atoms with van der Waals surface area (Å²) in [5, 5.41) is 12.3. The lowest BCUT2D eigenvalue weighted by Gasteiger charge is -2.34. The van der Waals surface area contributed by atoms with Gasteiger partial charge in [-0.25, -0.2) is 9.59 Å². The molecule has 0 bridgehead atoms. The minimum absolute atomic E-state index is 0.0719. The van der Waals surface area contributed by atoms with Gasteiger partial charge in [0.15, 0.2) is 0 Å². The fourth-order valence-electron chi connectivity index (χ4n) is 5.06. The lowest BCUT2D eigenvalue weighted by molar-refractivity contribution is -0.156. The molecule has 1 heterocycles. The summed E-state index contributed by atoms with van der Waals surface area (Å²) < 4.78 is 5.59. The van der Waals surface area contributed by atoms with E-state index in [0.717, 1.165) is 22.3 Å². The van der Waals surface area contributed by atoms with E-state index in [0.29, 0.717) is 32.2 Å². The molecule has 0 aromatic heterocycles. The number of benzene rings is 2. The SMILES string of the molecule is CCC[C@@H](NC(=O)OCC1c2ccccc2-c2ccccc21)C(=O)N1CCCC1(C)C(=O)O. The maximum absolute atomic E-state index is 13.2. The number of rotatable bonds is 7. The number of nitrogens with one attached hydrogen (secondary N) is 1. The van der Waals surface area contributed by atoms with Crippen LogP contribution in [0.2, 0.25) is 0 Å². The van der Waals surface area contributed by atoms with Gasteiger partial charge in [-0.05, 0) is 48.4 Å². The monoisotopic (exact) mass is 450 g/mol. The third kappa shape index (κ3) is 4.19. The molecule has 2 atom stereocenters. The average molecular weight is 451 g/mol. The van der Waals surface area contributed by atoms with Crippen molar-refractivity contribution in [1.29, 1.82) is 0 Å². The van der Waals surface area contributed by atoms with E-state index in [1.165, 1.54) is 4.90 Å². The minimum atomic E-state index is -1.24. The number of ether oxygens (including phenoxy) is 1. The van der Waals surface area contributed by atoms with Gasteiger partial charge in [0.1, 0.15) is 18.2 Å². The Kier molecular flexibility index (Phi) is 6.40. The molecule has 0 saturated carbocycles. The van der Waals surface area contributed by atoms with Crippen LogP contribution in [0.15, 0.2) is 48.5 Å². The van der Waals surface area contributed by atoms with Crippen molar-refractivity contribution in [3.63, 3.8) is 0 Å². The number of alkyl carbamates (subject to hydrolysis) is 1. The summed E-state index contributed by atoms with van der Waals surface area (Å²) in [7, 11) is 0. The van der Waals surface area contributed by atoms with E-state index in [1.807, 2.05) is 43.3 Å². The zero-order chi connectivity index (χ0) is 23.6. The molecule has 2 amide bonds. The van der Waals surface area contributed by atoms with Crippen LogP contribution in [-0.4, -0.2) is 52.7 Å². The number of amides is 2. The van der Waals surface area contributed by atoms with Crippen molar-refractivity contribution in [3.05, 3.63) is 59.7 Å². The first-order valence-corrected chi connectivity index (χ1v) is 11.5. The molecule has 1 aliphatic carbocycles. The number of hydrogen-bond acceptors (Lipinski definition) is 4. The van der Waals surface area contributed by atoms with E-state index >= 15 is 0 Å². The summed E-state index contributed by atoms with van der Waals surface area (Å²) in [5.41, 5.74) is 3.27. The van der Waals surface area contributed by atoms with E-state index in [9.17, 15) is 19.5 Å². The number of hydrogen-bond donors (Lipinski definition) is 2. The van der Waals surface area contributed by atoms with E-state index in [-0.39, 0.29) is 18.4 Å². The Balaban J connectivity index is 1.44. The number of carboxylic acids is 1. The number of carbonyl (C=O) groups is 3. The molecule has 0 radical (unpaired) electrons. The second-order valence-electron chi connectivity index (χ2n) is 8.98. The second kappa shape index (κ2) is 9.25. The highest BCUT2D eigenvalue weighted by atomic mass is 16.5. The van der Waals surface area contributed by atoms with Gasteiger partial charge in [0.05, 0.1) is 0 Å². The molecule has 2 N–H and O–H groups in total. The fraction of sp³-hybridized carbons (Fsp3) is 0.423. The third-order valence-electron chi connectivity index (χ3n) is 6.88. The predicted molar refractivity (Wildman–Crippen MR) is 124 cm³/mol. The van der Waals surface area contributed by atoms with Gasteiger partial charge < -0.3 is 20.1 Å². The zero-order valence-electron chi connectivity index (χ0n) is 19.0. The lowest BCUT2D eigenvalue weighted by atomic mass is 9.98. The van der Waals surface area contributed by atoms with Crippen LogP contribution < -0.4 is 5.32 Å². The van der Waals surface area contributed by atoms with Crippen LogP contribution in [0.4, 0.5) is 4.79 Å². The highest BCUT2D eigenvalue weighted by Gasteiger charge is 2.47. The first-order chi connectivity index (χ1) is 15.9. The predicted octanol–water partition coefficient (Wildman–Crippen LogP) is 4.16. The number of aliphatic carboxylic acids is 1. The van der Waals surface area contributed by atoms with E-state index < -0.39 is 23.6 Å². The molecule has 1 fully saturated rings. The van der Waals surface area contributed by atoms with Gasteiger partial charge in [0, 0.05) is 12.5 Å². The fourth-order valence-corrected chi connectivity index (χ4v) is 5.06. The quantitative estimate of drug-likeness (QED) is 0.660.